The van der Waals surface area contributed by atoms with E-state index in [1.54, 1.807) is 53.4 Å². The number of ether oxygens (including phenoxy) is 1. The predicted octanol–water partition coefficient (Wildman–Crippen LogP) is 6.70. The van der Waals surface area contributed by atoms with Crippen molar-refractivity contribution in [1.82, 2.24) is 10.2 Å². The van der Waals surface area contributed by atoms with Crippen LogP contribution in [0.5, 0.6) is 5.75 Å². The van der Waals surface area contributed by atoms with E-state index in [4.69, 9.17) is 4.74 Å². The average molecular weight is 686 g/mol. The quantitative estimate of drug-likeness (QED) is 0.140. The number of amides is 2. The van der Waals surface area contributed by atoms with Crippen molar-refractivity contribution < 1.29 is 22.7 Å². The summed E-state index contributed by atoms with van der Waals surface area (Å²) in [4.78, 5) is 31.3. The van der Waals surface area contributed by atoms with Gasteiger partial charge in [0.15, 0.2) is 0 Å². The molecule has 5 rings (SSSR count). The van der Waals surface area contributed by atoms with Crippen LogP contribution < -0.4 is 14.4 Å². The Morgan fingerprint density at radius 2 is 1.46 bits per heavy atom. The van der Waals surface area contributed by atoms with Crippen LogP contribution in [0.3, 0.4) is 0 Å². The van der Waals surface area contributed by atoms with Crippen molar-refractivity contribution in [2.24, 2.45) is 0 Å². The van der Waals surface area contributed by atoms with Crippen molar-refractivity contribution in [3.05, 3.63) is 120 Å². The van der Waals surface area contributed by atoms with Crippen molar-refractivity contribution >= 4 is 39.3 Å². The molecule has 0 spiro atoms. The van der Waals surface area contributed by atoms with Crippen molar-refractivity contribution in [1.29, 1.82) is 0 Å². The van der Waals surface area contributed by atoms with Crippen molar-refractivity contribution in [2.45, 2.75) is 67.4 Å². The molecule has 48 heavy (non-hydrogen) atoms. The van der Waals surface area contributed by atoms with Crippen molar-refractivity contribution in [3.63, 3.8) is 0 Å². The zero-order valence-electron chi connectivity index (χ0n) is 27.5. The summed E-state index contributed by atoms with van der Waals surface area (Å²) in [6.45, 7) is 1.96. The van der Waals surface area contributed by atoms with E-state index in [0.717, 1.165) is 46.0 Å². The Bertz CT molecular complexity index is 1730. The second kappa shape index (κ2) is 16.7. The molecule has 8 nitrogen and oxygen atoms in total. The smallest absolute Gasteiger partial charge is 0.264 e. The van der Waals surface area contributed by atoms with Crippen molar-refractivity contribution in [2.75, 3.05) is 23.7 Å². The third-order valence-corrected chi connectivity index (χ3v) is 11.1. The van der Waals surface area contributed by atoms with E-state index in [0.29, 0.717) is 18.0 Å². The molecule has 2 amide bonds. The van der Waals surface area contributed by atoms with Crippen LogP contribution >= 0.6 is 11.8 Å². The van der Waals surface area contributed by atoms with E-state index < -0.39 is 28.5 Å². The molecule has 0 saturated heterocycles. The third kappa shape index (κ3) is 8.99. The highest BCUT2D eigenvalue weighted by Crippen LogP contribution is 2.28. The highest BCUT2D eigenvalue weighted by Gasteiger charge is 2.35. The largest absolute Gasteiger partial charge is 0.494 e. The minimum Gasteiger partial charge on any atom is -0.494 e. The summed E-state index contributed by atoms with van der Waals surface area (Å²) in [6, 6.07) is 31.6. The third-order valence-electron chi connectivity index (χ3n) is 8.53. The van der Waals surface area contributed by atoms with Gasteiger partial charge in [0, 0.05) is 23.9 Å². The van der Waals surface area contributed by atoms with E-state index in [9.17, 15) is 18.0 Å². The van der Waals surface area contributed by atoms with Crippen LogP contribution in [0.2, 0.25) is 0 Å². The van der Waals surface area contributed by atoms with Crippen LogP contribution in [0.15, 0.2) is 119 Å². The van der Waals surface area contributed by atoms with Gasteiger partial charge in [-0.15, -0.1) is 11.8 Å². The van der Waals surface area contributed by atoms with Crippen LogP contribution in [-0.4, -0.2) is 56.6 Å². The Labute approximate surface area is 288 Å². The van der Waals surface area contributed by atoms with E-state index >= 15 is 0 Å². The standard InChI is InChI=1S/C38H43N3O5S2/c1-3-46-33-20-18-32(19-21-33)41(48(44,45)35-24-22-34(47-2)23-25-35)28-37(42)40(27-30-14-8-5-9-15-30)36(26-29-12-6-4-7-13-29)38(43)39-31-16-10-11-17-31/h4-9,12-15,18-25,31,36H,3,10-11,16-17,26-28H2,1-2H3,(H,39,43). The molecule has 0 heterocycles. The van der Waals surface area contributed by atoms with Gasteiger partial charge < -0.3 is 15.0 Å². The van der Waals surface area contributed by atoms with Crippen LogP contribution in [-0.2, 0) is 32.6 Å². The summed E-state index contributed by atoms with van der Waals surface area (Å²) >= 11 is 1.51. The van der Waals surface area contributed by atoms with Crippen molar-refractivity contribution in [3.8, 4) is 5.75 Å². The summed E-state index contributed by atoms with van der Waals surface area (Å²) < 4.78 is 35.4. The topological polar surface area (TPSA) is 96.0 Å². The number of thioether (sulfide) groups is 1. The molecule has 4 aromatic rings. The molecule has 0 aromatic heterocycles. The fraction of sp³-hybridized carbons (Fsp3) is 0.316. The Hall–Kier alpha value is -4.28. The van der Waals surface area contributed by atoms with E-state index in [1.165, 1.54) is 11.8 Å². The van der Waals surface area contributed by atoms with Crippen LogP contribution in [0.1, 0.15) is 43.7 Å². The number of carbonyl (C=O) groups is 2. The molecule has 1 unspecified atom stereocenters. The van der Waals surface area contributed by atoms with Gasteiger partial charge in [0.05, 0.1) is 17.2 Å². The molecule has 1 aliphatic carbocycles. The van der Waals surface area contributed by atoms with Gasteiger partial charge in [-0.3, -0.25) is 13.9 Å². The number of carbonyl (C=O) groups excluding carboxylic acids is 2. The predicted molar refractivity (Wildman–Crippen MR) is 192 cm³/mol. The fourth-order valence-electron chi connectivity index (χ4n) is 5.98. The maximum atomic E-state index is 14.7. The Balaban J connectivity index is 1.55. The molecule has 252 valence electrons. The molecule has 4 aromatic carbocycles. The molecular weight excluding hydrogens is 643 g/mol. The number of benzene rings is 4. The molecule has 0 aliphatic heterocycles. The number of hydrogen-bond acceptors (Lipinski definition) is 6. The van der Waals surface area contributed by atoms with Gasteiger partial charge in [-0.25, -0.2) is 8.42 Å². The number of anilines is 1. The zero-order chi connectivity index (χ0) is 33.9. The molecule has 1 atom stereocenters. The summed E-state index contributed by atoms with van der Waals surface area (Å²) in [7, 11) is -4.19. The average Bonchev–Trinajstić information content (AvgIpc) is 3.63. The van der Waals surface area contributed by atoms with E-state index in [-0.39, 0.29) is 29.8 Å². The maximum Gasteiger partial charge on any atom is 0.264 e. The summed E-state index contributed by atoms with van der Waals surface area (Å²) in [5, 5.41) is 3.21. The van der Waals surface area contributed by atoms with Gasteiger partial charge in [-0.1, -0.05) is 73.5 Å². The highest BCUT2D eigenvalue weighted by atomic mass is 32.2. The minimum atomic E-state index is -4.19. The lowest BCUT2D eigenvalue weighted by Crippen LogP contribution is -2.54. The number of rotatable bonds is 15. The molecule has 1 fully saturated rings. The number of nitrogens with zero attached hydrogens (tertiary/aromatic N) is 2. The normalized spacial score (nSPS) is 13.9. The monoisotopic (exact) mass is 685 g/mol. The second-order valence-electron chi connectivity index (χ2n) is 11.8. The van der Waals surface area contributed by atoms with E-state index in [1.807, 2.05) is 73.8 Å². The number of nitrogens with one attached hydrogen (secondary N) is 1. The molecule has 1 N–H and O–H groups in total. The molecule has 0 radical (unpaired) electrons. The Morgan fingerprint density at radius 3 is 2.04 bits per heavy atom. The van der Waals surface area contributed by atoms with Crippen LogP contribution in [0, 0.1) is 0 Å². The highest BCUT2D eigenvalue weighted by molar-refractivity contribution is 7.98. The first-order valence-corrected chi connectivity index (χ1v) is 19.0. The van der Waals surface area contributed by atoms with Gasteiger partial charge >= 0.3 is 0 Å². The van der Waals surface area contributed by atoms with E-state index in [2.05, 4.69) is 5.32 Å². The first-order chi connectivity index (χ1) is 23.3. The number of sulfonamides is 1. The number of hydrogen-bond donors (Lipinski definition) is 1. The first-order valence-electron chi connectivity index (χ1n) is 16.4. The molecule has 1 aliphatic rings. The van der Waals surface area contributed by atoms with Crippen LogP contribution in [0.4, 0.5) is 5.69 Å². The second-order valence-corrected chi connectivity index (χ2v) is 14.6. The summed E-state index contributed by atoms with van der Waals surface area (Å²) in [5.41, 5.74) is 2.05. The summed E-state index contributed by atoms with van der Waals surface area (Å²) in [5.74, 6) is -0.135. The lowest BCUT2D eigenvalue weighted by atomic mass is 10.0. The molecule has 1 saturated carbocycles. The zero-order valence-corrected chi connectivity index (χ0v) is 29.1. The van der Waals surface area contributed by atoms with Gasteiger partial charge in [-0.2, -0.15) is 0 Å². The molecule has 0 bridgehead atoms. The fourth-order valence-corrected chi connectivity index (χ4v) is 7.80. The SMILES string of the molecule is CCOc1ccc(N(CC(=O)N(Cc2ccccc2)C(Cc2ccccc2)C(=O)NC2CCCC2)S(=O)(=O)c2ccc(SC)cc2)cc1. The van der Waals surface area contributed by atoms with Gasteiger partial charge in [0.2, 0.25) is 11.8 Å². The van der Waals surface area contributed by atoms with Crippen LogP contribution in [0.25, 0.3) is 0 Å². The first kappa shape index (κ1) is 35.0. The molecular formula is C38H43N3O5S2. The minimum absolute atomic E-state index is 0.0504. The Morgan fingerprint density at radius 1 is 0.854 bits per heavy atom. The maximum absolute atomic E-state index is 14.7. The Kier molecular flexibility index (Phi) is 12.2. The van der Waals surface area contributed by atoms with Gasteiger partial charge in [0.1, 0.15) is 18.3 Å². The van der Waals surface area contributed by atoms with Gasteiger partial charge in [-0.05, 0) is 85.7 Å². The lowest BCUT2D eigenvalue weighted by Gasteiger charge is -2.34. The lowest BCUT2D eigenvalue weighted by molar-refractivity contribution is -0.140. The summed E-state index contributed by atoms with van der Waals surface area (Å²) in [6.07, 6.45) is 6.10. The molecule has 10 heteroatoms. The van der Waals surface area contributed by atoms with Gasteiger partial charge in [0.25, 0.3) is 10.0 Å².